The van der Waals surface area contributed by atoms with E-state index in [1.807, 2.05) is 61.5 Å². The van der Waals surface area contributed by atoms with Gasteiger partial charge in [0.15, 0.2) is 0 Å². The molecule has 2 bridgehead atoms. The number of aliphatic hydroxyl groups excluding tert-OH is 1. The summed E-state index contributed by atoms with van der Waals surface area (Å²) in [6.45, 7) is 7.52. The van der Waals surface area contributed by atoms with E-state index in [4.69, 9.17) is 4.74 Å². The molecule has 3 amide bonds. The average Bonchev–Trinajstić information content (AvgIpc) is 3.59. The van der Waals surface area contributed by atoms with Gasteiger partial charge in [0, 0.05) is 31.5 Å². The molecule has 3 fully saturated rings. The van der Waals surface area contributed by atoms with E-state index in [0.717, 1.165) is 18.8 Å². The fraction of sp³-hybridized carbons (Fsp3) is 0.516. The lowest BCUT2D eigenvalue weighted by molar-refractivity contribution is -0.149. The summed E-state index contributed by atoms with van der Waals surface area (Å²) in [5.41, 5.74) is 0.400. The zero-order valence-electron chi connectivity index (χ0n) is 23.7. The summed E-state index contributed by atoms with van der Waals surface area (Å²) in [5.74, 6) is -2.50. The molecule has 2 unspecified atom stereocenters. The van der Waals surface area contributed by atoms with Gasteiger partial charge < -0.3 is 30.3 Å². The largest absolute Gasteiger partial charge is 0.394 e. The molecule has 0 aliphatic carbocycles. The molecule has 3 aliphatic heterocycles. The van der Waals surface area contributed by atoms with Crippen molar-refractivity contribution in [3.05, 3.63) is 60.2 Å². The van der Waals surface area contributed by atoms with Crippen LogP contribution in [-0.2, 0) is 19.1 Å². The normalized spacial score (nSPS) is 29.3. The lowest BCUT2D eigenvalue weighted by atomic mass is 9.65. The number of nitrogens with one attached hydrogen (secondary N) is 2. The Labute approximate surface area is 235 Å². The summed E-state index contributed by atoms with van der Waals surface area (Å²) < 4.78 is 6.77. The van der Waals surface area contributed by atoms with Gasteiger partial charge in [0.1, 0.15) is 11.6 Å². The monoisotopic (exact) mass is 548 g/mol. The van der Waals surface area contributed by atoms with Crippen LogP contribution in [0.3, 0.4) is 0 Å². The second-order valence-electron chi connectivity index (χ2n) is 11.0. The molecular weight excluding hydrogens is 508 g/mol. The number of aliphatic hydroxyl groups is 1. The van der Waals surface area contributed by atoms with Crippen molar-refractivity contribution in [1.82, 2.24) is 10.2 Å². The fourth-order valence-corrected chi connectivity index (χ4v) is 7.43. The molecule has 1 spiro atoms. The summed E-state index contributed by atoms with van der Waals surface area (Å²) in [7, 11) is 1.56. The van der Waals surface area contributed by atoms with Crippen LogP contribution in [0.25, 0.3) is 0 Å². The predicted octanol–water partition coefficient (Wildman–Crippen LogP) is 3.11. The maximum Gasteiger partial charge on any atom is 0.250 e. The standard InChI is InChI=1S/C31H40N4O5/c1-5-30-17-18-31(40-30)25(24(30)27(37)32-4)29(39)35(23(19-36)20-11-9-8-10-12-20)26(31)28(38)33-21-13-15-22(16-14-21)34(6-2)7-3/h8-16,23-26,36H,5-7,17-19H2,1-4H3,(H,32,37)(H,33,38)/t23-,24+,25+,26?,30-,31?/m1/s1. The first kappa shape index (κ1) is 28.1. The fourth-order valence-electron chi connectivity index (χ4n) is 7.43. The molecule has 2 aromatic rings. The molecule has 40 heavy (non-hydrogen) atoms. The Bertz CT molecular complexity index is 1250. The molecule has 6 atom stereocenters. The first-order valence-electron chi connectivity index (χ1n) is 14.4. The zero-order valence-corrected chi connectivity index (χ0v) is 23.7. The molecule has 3 aliphatic rings. The predicted molar refractivity (Wildman–Crippen MR) is 153 cm³/mol. The minimum atomic E-state index is -1.17. The van der Waals surface area contributed by atoms with Gasteiger partial charge in [-0.15, -0.1) is 0 Å². The van der Waals surface area contributed by atoms with E-state index in [9.17, 15) is 19.5 Å². The molecule has 3 heterocycles. The number of anilines is 2. The number of hydrogen-bond acceptors (Lipinski definition) is 6. The SMILES string of the molecule is CCN(CC)c1ccc(NC(=O)C2N([C@H](CO)c3ccccc3)C(=O)[C@@H]3[C@@H](C(=O)NC)[C@@]4(CC)CCC23O4)cc1. The number of nitrogens with zero attached hydrogens (tertiary/aromatic N) is 2. The number of hydrogen-bond donors (Lipinski definition) is 3. The van der Waals surface area contributed by atoms with Gasteiger partial charge in [-0.05, 0) is 62.9 Å². The van der Waals surface area contributed by atoms with Crippen molar-refractivity contribution < 1.29 is 24.2 Å². The van der Waals surface area contributed by atoms with Crippen LogP contribution in [0.2, 0.25) is 0 Å². The number of fused-ring (bicyclic) bond motifs is 1. The number of rotatable bonds is 10. The Kier molecular flexibility index (Phi) is 7.63. The van der Waals surface area contributed by atoms with Crippen molar-refractivity contribution in [3.8, 4) is 0 Å². The van der Waals surface area contributed by atoms with Crippen molar-refractivity contribution in [2.45, 2.75) is 63.3 Å². The van der Waals surface area contributed by atoms with Crippen molar-refractivity contribution in [2.75, 3.05) is 37.0 Å². The highest BCUT2D eigenvalue weighted by atomic mass is 16.5. The van der Waals surface area contributed by atoms with Crippen LogP contribution >= 0.6 is 0 Å². The Balaban J connectivity index is 1.56. The Hall–Kier alpha value is -3.43. The summed E-state index contributed by atoms with van der Waals surface area (Å²) in [6, 6.07) is 15.1. The number of benzene rings is 2. The third kappa shape index (κ3) is 4.18. The number of likely N-dealkylation sites (tertiary alicyclic amines) is 1. The van der Waals surface area contributed by atoms with Gasteiger partial charge in [-0.25, -0.2) is 0 Å². The highest BCUT2D eigenvalue weighted by Gasteiger charge is 2.79. The second kappa shape index (κ2) is 10.9. The van der Waals surface area contributed by atoms with E-state index in [2.05, 4.69) is 29.4 Å². The van der Waals surface area contributed by atoms with Gasteiger partial charge in [0.2, 0.25) is 17.7 Å². The van der Waals surface area contributed by atoms with Crippen molar-refractivity contribution in [1.29, 1.82) is 0 Å². The smallest absolute Gasteiger partial charge is 0.250 e. The molecule has 3 N–H and O–H groups in total. The van der Waals surface area contributed by atoms with Crippen LogP contribution in [0.1, 0.15) is 51.6 Å². The molecule has 2 aromatic carbocycles. The first-order valence-corrected chi connectivity index (χ1v) is 14.4. The average molecular weight is 549 g/mol. The Morgan fingerprint density at radius 2 is 1.73 bits per heavy atom. The minimum absolute atomic E-state index is 0.255. The van der Waals surface area contributed by atoms with E-state index >= 15 is 0 Å². The molecule has 9 nitrogen and oxygen atoms in total. The quantitative estimate of drug-likeness (QED) is 0.421. The van der Waals surface area contributed by atoms with Crippen LogP contribution in [0.4, 0.5) is 11.4 Å². The first-order chi connectivity index (χ1) is 19.3. The molecule has 0 saturated carbocycles. The summed E-state index contributed by atoms with van der Waals surface area (Å²) in [5, 5.41) is 16.3. The van der Waals surface area contributed by atoms with E-state index < -0.39 is 35.1 Å². The van der Waals surface area contributed by atoms with Gasteiger partial charge in [0.05, 0.1) is 30.1 Å². The van der Waals surface area contributed by atoms with Crippen molar-refractivity contribution in [2.24, 2.45) is 11.8 Å². The lowest BCUT2D eigenvalue weighted by Gasteiger charge is -2.37. The molecule has 0 aromatic heterocycles. The van der Waals surface area contributed by atoms with Gasteiger partial charge in [-0.3, -0.25) is 14.4 Å². The molecular formula is C31H40N4O5. The second-order valence-corrected chi connectivity index (χ2v) is 11.0. The van der Waals surface area contributed by atoms with E-state index in [1.54, 1.807) is 7.05 Å². The third-order valence-corrected chi connectivity index (χ3v) is 9.35. The summed E-state index contributed by atoms with van der Waals surface area (Å²) >= 11 is 0. The molecule has 5 rings (SSSR count). The van der Waals surface area contributed by atoms with Gasteiger partial charge in [-0.1, -0.05) is 37.3 Å². The zero-order chi connectivity index (χ0) is 28.7. The van der Waals surface area contributed by atoms with Gasteiger partial charge in [-0.2, -0.15) is 0 Å². The van der Waals surface area contributed by atoms with E-state index in [1.165, 1.54) is 4.90 Å². The topological polar surface area (TPSA) is 111 Å². The van der Waals surface area contributed by atoms with Crippen LogP contribution in [0.15, 0.2) is 54.6 Å². The minimum Gasteiger partial charge on any atom is -0.394 e. The van der Waals surface area contributed by atoms with Gasteiger partial charge >= 0.3 is 0 Å². The molecule has 9 heteroatoms. The van der Waals surface area contributed by atoms with Crippen molar-refractivity contribution in [3.63, 3.8) is 0 Å². The van der Waals surface area contributed by atoms with Gasteiger partial charge in [0.25, 0.3) is 0 Å². The van der Waals surface area contributed by atoms with Crippen LogP contribution in [0.5, 0.6) is 0 Å². The number of carbonyl (C=O) groups excluding carboxylic acids is 3. The molecule has 3 saturated heterocycles. The molecule has 214 valence electrons. The highest BCUT2D eigenvalue weighted by Crippen LogP contribution is 2.65. The van der Waals surface area contributed by atoms with E-state index in [-0.39, 0.29) is 24.3 Å². The van der Waals surface area contributed by atoms with Crippen molar-refractivity contribution >= 4 is 29.1 Å². The van der Waals surface area contributed by atoms with Crippen LogP contribution in [0, 0.1) is 11.8 Å². The maximum absolute atomic E-state index is 14.4. The summed E-state index contributed by atoms with van der Waals surface area (Å²) in [4.78, 5) is 45.6. The third-order valence-electron chi connectivity index (χ3n) is 9.35. The summed E-state index contributed by atoms with van der Waals surface area (Å²) in [6.07, 6.45) is 1.61. The van der Waals surface area contributed by atoms with Crippen LogP contribution in [-0.4, -0.2) is 71.7 Å². The highest BCUT2D eigenvalue weighted by molar-refractivity contribution is 6.04. The molecule has 0 radical (unpaired) electrons. The lowest BCUT2D eigenvalue weighted by Crippen LogP contribution is -2.54. The number of ether oxygens (including phenoxy) is 1. The number of carbonyl (C=O) groups is 3. The Morgan fingerprint density at radius 1 is 1.05 bits per heavy atom. The maximum atomic E-state index is 14.4. The Morgan fingerprint density at radius 3 is 2.30 bits per heavy atom. The van der Waals surface area contributed by atoms with E-state index in [0.29, 0.717) is 30.5 Å². The number of amides is 3. The van der Waals surface area contributed by atoms with Crippen LogP contribution < -0.4 is 15.5 Å².